The van der Waals surface area contributed by atoms with Gasteiger partial charge < -0.3 is 5.32 Å². The molecule has 1 N–H and O–H groups in total. The van der Waals surface area contributed by atoms with E-state index in [9.17, 15) is 0 Å². The van der Waals surface area contributed by atoms with Crippen molar-refractivity contribution in [2.45, 2.75) is 31.7 Å². The topological polar surface area (TPSA) is 12.0 Å². The van der Waals surface area contributed by atoms with Crippen molar-refractivity contribution in [2.24, 2.45) is 5.92 Å². The standard InChI is InChI=1S/C15H19N/c1-3-8-15(16-4-2)14-11-13(14)12-9-6-5-7-10-12/h1,5-7,9-10,13-16H,4,8,11H2,2H3. The monoisotopic (exact) mass is 213 g/mol. The van der Waals surface area contributed by atoms with Crippen molar-refractivity contribution < 1.29 is 0 Å². The molecule has 1 aromatic rings. The van der Waals surface area contributed by atoms with Crippen LogP contribution in [0.2, 0.25) is 0 Å². The number of hydrogen-bond acceptors (Lipinski definition) is 1. The van der Waals surface area contributed by atoms with Crippen LogP contribution in [-0.4, -0.2) is 12.6 Å². The van der Waals surface area contributed by atoms with Crippen molar-refractivity contribution >= 4 is 0 Å². The van der Waals surface area contributed by atoms with Crippen LogP contribution >= 0.6 is 0 Å². The Morgan fingerprint density at radius 2 is 2.19 bits per heavy atom. The van der Waals surface area contributed by atoms with Gasteiger partial charge in [0.25, 0.3) is 0 Å². The Labute approximate surface area is 98.3 Å². The van der Waals surface area contributed by atoms with E-state index in [0.717, 1.165) is 24.8 Å². The number of nitrogens with one attached hydrogen (secondary N) is 1. The molecule has 1 fully saturated rings. The summed E-state index contributed by atoms with van der Waals surface area (Å²) in [6.07, 6.45) is 7.55. The highest BCUT2D eigenvalue weighted by Gasteiger charge is 2.42. The minimum atomic E-state index is 0.500. The highest BCUT2D eigenvalue weighted by Crippen LogP contribution is 2.49. The third kappa shape index (κ3) is 2.46. The van der Waals surface area contributed by atoms with Crippen LogP contribution in [0.1, 0.15) is 31.2 Å². The van der Waals surface area contributed by atoms with Crippen molar-refractivity contribution in [1.82, 2.24) is 5.32 Å². The molecule has 3 atom stereocenters. The first-order valence-corrected chi connectivity index (χ1v) is 6.08. The van der Waals surface area contributed by atoms with Gasteiger partial charge in [0.15, 0.2) is 0 Å². The molecule has 0 aromatic heterocycles. The normalized spacial score (nSPS) is 24.8. The van der Waals surface area contributed by atoms with E-state index < -0.39 is 0 Å². The lowest BCUT2D eigenvalue weighted by Crippen LogP contribution is -2.30. The summed E-state index contributed by atoms with van der Waals surface area (Å²) in [6, 6.07) is 11.3. The van der Waals surface area contributed by atoms with Crippen LogP contribution in [0.3, 0.4) is 0 Å². The van der Waals surface area contributed by atoms with Gasteiger partial charge in [-0.1, -0.05) is 37.3 Å². The van der Waals surface area contributed by atoms with E-state index in [1.54, 1.807) is 0 Å². The van der Waals surface area contributed by atoms with Gasteiger partial charge in [-0.2, -0.15) is 0 Å². The highest BCUT2D eigenvalue weighted by atomic mass is 14.9. The summed E-state index contributed by atoms with van der Waals surface area (Å²) in [5.74, 6) is 4.24. The summed E-state index contributed by atoms with van der Waals surface area (Å²) in [5.41, 5.74) is 1.47. The fourth-order valence-corrected chi connectivity index (χ4v) is 2.51. The Morgan fingerprint density at radius 3 is 2.81 bits per heavy atom. The maximum Gasteiger partial charge on any atom is 0.0243 e. The second kappa shape index (κ2) is 5.18. The van der Waals surface area contributed by atoms with Crippen LogP contribution in [0.25, 0.3) is 0 Å². The van der Waals surface area contributed by atoms with Crippen molar-refractivity contribution in [3.63, 3.8) is 0 Å². The van der Waals surface area contributed by atoms with Gasteiger partial charge in [0, 0.05) is 12.5 Å². The molecular formula is C15H19N. The average Bonchev–Trinajstić information content (AvgIpc) is 3.10. The maximum atomic E-state index is 5.42. The van der Waals surface area contributed by atoms with Gasteiger partial charge in [0.2, 0.25) is 0 Å². The van der Waals surface area contributed by atoms with Crippen LogP contribution in [0, 0.1) is 18.3 Å². The minimum Gasteiger partial charge on any atom is -0.313 e. The Balaban J connectivity index is 1.97. The quantitative estimate of drug-likeness (QED) is 0.742. The van der Waals surface area contributed by atoms with Crippen molar-refractivity contribution in [2.75, 3.05) is 6.54 Å². The van der Waals surface area contributed by atoms with Crippen LogP contribution in [0.15, 0.2) is 30.3 Å². The molecule has 1 saturated carbocycles. The fourth-order valence-electron chi connectivity index (χ4n) is 2.51. The molecule has 84 valence electrons. The van der Waals surface area contributed by atoms with Gasteiger partial charge in [0.1, 0.15) is 0 Å². The Hall–Kier alpha value is -1.26. The molecule has 0 spiro atoms. The van der Waals surface area contributed by atoms with Gasteiger partial charge in [-0.05, 0) is 30.4 Å². The average molecular weight is 213 g/mol. The molecular weight excluding hydrogens is 194 g/mol. The first-order chi connectivity index (χ1) is 7.86. The molecule has 1 nitrogen and oxygen atoms in total. The molecule has 16 heavy (non-hydrogen) atoms. The van der Waals surface area contributed by atoms with Crippen LogP contribution in [0.5, 0.6) is 0 Å². The van der Waals surface area contributed by atoms with Gasteiger partial charge in [-0.15, -0.1) is 12.3 Å². The predicted molar refractivity (Wildman–Crippen MR) is 68.2 cm³/mol. The molecule has 2 rings (SSSR count). The van der Waals surface area contributed by atoms with Crippen LogP contribution in [-0.2, 0) is 0 Å². The Morgan fingerprint density at radius 1 is 1.44 bits per heavy atom. The lowest BCUT2D eigenvalue weighted by atomic mass is 10.0. The number of benzene rings is 1. The fraction of sp³-hybridized carbons (Fsp3) is 0.467. The largest absolute Gasteiger partial charge is 0.313 e. The first-order valence-electron chi connectivity index (χ1n) is 6.08. The van der Waals surface area contributed by atoms with Crippen LogP contribution < -0.4 is 5.32 Å². The Bertz CT molecular complexity index is 363. The molecule has 1 aromatic carbocycles. The lowest BCUT2D eigenvalue weighted by molar-refractivity contribution is 0.476. The lowest BCUT2D eigenvalue weighted by Gasteiger charge is -2.15. The third-order valence-electron chi connectivity index (χ3n) is 3.39. The van der Waals surface area contributed by atoms with Gasteiger partial charge >= 0.3 is 0 Å². The summed E-state index contributed by atoms with van der Waals surface area (Å²) < 4.78 is 0. The zero-order valence-electron chi connectivity index (χ0n) is 9.82. The van der Waals surface area contributed by atoms with E-state index in [1.807, 2.05) is 0 Å². The van der Waals surface area contributed by atoms with Gasteiger partial charge in [0.05, 0.1) is 0 Å². The molecule has 0 radical (unpaired) electrons. The summed E-state index contributed by atoms with van der Waals surface area (Å²) in [5, 5.41) is 3.50. The first kappa shape index (κ1) is 11.2. The maximum absolute atomic E-state index is 5.42. The van der Waals surface area contributed by atoms with E-state index in [1.165, 1.54) is 12.0 Å². The van der Waals surface area contributed by atoms with Crippen molar-refractivity contribution in [3.05, 3.63) is 35.9 Å². The molecule has 1 aliphatic rings. The van der Waals surface area contributed by atoms with E-state index in [-0.39, 0.29) is 0 Å². The SMILES string of the molecule is C#CCC(NCC)C1CC1c1ccccc1. The predicted octanol–water partition coefficient (Wildman–Crippen LogP) is 2.79. The molecule has 0 saturated heterocycles. The molecule has 3 unspecified atom stereocenters. The second-order valence-electron chi connectivity index (χ2n) is 4.49. The molecule has 0 amide bonds. The number of hydrogen-bond donors (Lipinski definition) is 1. The molecule has 0 bridgehead atoms. The zero-order chi connectivity index (χ0) is 11.4. The molecule has 0 heterocycles. The summed E-state index contributed by atoms with van der Waals surface area (Å²) >= 11 is 0. The van der Waals surface area contributed by atoms with Gasteiger partial charge in [-0.3, -0.25) is 0 Å². The summed E-state index contributed by atoms with van der Waals surface area (Å²) in [7, 11) is 0. The highest BCUT2D eigenvalue weighted by molar-refractivity contribution is 5.27. The zero-order valence-corrected chi connectivity index (χ0v) is 9.82. The number of terminal acetylenes is 1. The van der Waals surface area contributed by atoms with E-state index in [4.69, 9.17) is 6.42 Å². The van der Waals surface area contributed by atoms with Crippen LogP contribution in [0.4, 0.5) is 0 Å². The number of rotatable bonds is 5. The van der Waals surface area contributed by atoms with E-state index >= 15 is 0 Å². The van der Waals surface area contributed by atoms with Crippen molar-refractivity contribution in [1.29, 1.82) is 0 Å². The van der Waals surface area contributed by atoms with E-state index in [2.05, 4.69) is 48.5 Å². The summed E-state index contributed by atoms with van der Waals surface area (Å²) in [6.45, 7) is 3.15. The second-order valence-corrected chi connectivity index (χ2v) is 4.49. The van der Waals surface area contributed by atoms with Gasteiger partial charge in [-0.25, -0.2) is 0 Å². The smallest absolute Gasteiger partial charge is 0.0243 e. The minimum absolute atomic E-state index is 0.500. The summed E-state index contributed by atoms with van der Waals surface area (Å²) in [4.78, 5) is 0. The van der Waals surface area contributed by atoms with E-state index in [0.29, 0.717) is 6.04 Å². The molecule has 0 aliphatic heterocycles. The third-order valence-corrected chi connectivity index (χ3v) is 3.39. The molecule has 1 heteroatoms. The van der Waals surface area contributed by atoms with Crippen molar-refractivity contribution in [3.8, 4) is 12.3 Å². The molecule has 1 aliphatic carbocycles. The Kier molecular flexibility index (Phi) is 3.64.